The number of hydrogen-bond donors (Lipinski definition) is 2. The van der Waals surface area contributed by atoms with E-state index in [2.05, 4.69) is 27.8 Å². The Hall–Kier alpha value is -2.17. The molecule has 0 bridgehead atoms. The maximum Gasteiger partial charge on any atom is 0.240 e. The lowest BCUT2D eigenvalue weighted by Crippen LogP contribution is -2.54. The first kappa shape index (κ1) is 22.9. The molecule has 1 atom stereocenters. The van der Waals surface area contributed by atoms with Crippen LogP contribution in [0.2, 0.25) is 0 Å². The van der Waals surface area contributed by atoms with Crippen molar-refractivity contribution in [2.45, 2.75) is 39.2 Å². The van der Waals surface area contributed by atoms with Crippen molar-refractivity contribution in [2.24, 2.45) is 0 Å². The first-order valence-corrected chi connectivity index (χ1v) is 10.9. The second-order valence-corrected chi connectivity index (χ2v) is 8.93. The largest absolute Gasteiger partial charge is 0.493 e. The summed E-state index contributed by atoms with van der Waals surface area (Å²) >= 11 is 0. The van der Waals surface area contributed by atoms with Crippen LogP contribution >= 0.6 is 0 Å². The molecule has 0 aromatic heterocycles. The lowest BCUT2D eigenvalue weighted by Gasteiger charge is -2.25. The van der Waals surface area contributed by atoms with Crippen LogP contribution in [0.3, 0.4) is 0 Å². The third-order valence-corrected chi connectivity index (χ3v) is 4.51. The number of ether oxygens (including phenoxy) is 2. The lowest BCUT2D eigenvalue weighted by molar-refractivity contribution is -0.125. The van der Waals surface area contributed by atoms with Crippen LogP contribution in [0, 0.1) is 11.8 Å². The van der Waals surface area contributed by atoms with Gasteiger partial charge in [0.15, 0.2) is 11.5 Å². The topological polar surface area (TPSA) is 76.7 Å². The van der Waals surface area contributed by atoms with Gasteiger partial charge in [-0.3, -0.25) is 9.00 Å². The maximum absolute atomic E-state index is 12.3. The number of amides is 1. The Morgan fingerprint density at radius 1 is 1.30 bits per heavy atom. The molecule has 0 spiro atoms. The van der Waals surface area contributed by atoms with Crippen LogP contribution in [0.15, 0.2) is 18.2 Å². The fourth-order valence-corrected chi connectivity index (χ4v) is 3.58. The Balaban J connectivity index is 2.63. The Kier molecular flexibility index (Phi) is 8.67. The average Bonchev–Trinajstić information content (AvgIpc) is 2.57. The van der Waals surface area contributed by atoms with Crippen molar-refractivity contribution < 1.29 is 18.5 Å². The summed E-state index contributed by atoms with van der Waals surface area (Å²) in [6.45, 7) is 6.09. The highest BCUT2D eigenvalue weighted by molar-refractivity contribution is 7.97. The minimum absolute atomic E-state index is 0.234. The third kappa shape index (κ3) is 8.37. The summed E-state index contributed by atoms with van der Waals surface area (Å²) in [5.41, 5.74) is 0.0315. The van der Waals surface area contributed by atoms with E-state index in [1.165, 1.54) is 6.26 Å². The molecule has 1 rings (SSSR count). The van der Waals surface area contributed by atoms with E-state index in [-0.39, 0.29) is 5.91 Å². The van der Waals surface area contributed by atoms with Gasteiger partial charge < -0.3 is 14.8 Å². The quantitative estimate of drug-likeness (QED) is 0.494. The summed E-state index contributed by atoms with van der Waals surface area (Å²) in [5, 5.41) is 2.85. The number of carbonyl (C=O) groups excluding carboxylic acids is 1. The molecule has 150 valence electrons. The summed E-state index contributed by atoms with van der Waals surface area (Å²) in [6.07, 6.45) is 2.88. The lowest BCUT2D eigenvalue weighted by atomic mass is 10.1. The van der Waals surface area contributed by atoms with Crippen LogP contribution in [-0.4, -0.2) is 48.0 Å². The molecule has 0 heterocycles. The molecule has 2 N–H and O–H groups in total. The van der Waals surface area contributed by atoms with Gasteiger partial charge in [0, 0.05) is 28.9 Å². The Morgan fingerprint density at radius 2 is 2.00 bits per heavy atom. The number of methoxy groups -OCH3 is 1. The molecule has 27 heavy (non-hydrogen) atoms. The van der Waals surface area contributed by atoms with Crippen molar-refractivity contribution in [1.82, 2.24) is 10.0 Å². The molecule has 0 aliphatic heterocycles. The molecule has 1 amide bonds. The van der Waals surface area contributed by atoms with Crippen LogP contribution in [0.1, 0.15) is 32.8 Å². The Labute approximate surface area is 163 Å². The number of hydrogen-bond acceptors (Lipinski definition) is 4. The molecule has 0 fully saturated rings. The van der Waals surface area contributed by atoms with Crippen molar-refractivity contribution in [3.8, 4) is 23.3 Å². The molecule has 1 aromatic rings. The van der Waals surface area contributed by atoms with E-state index < -0.39 is 15.2 Å². The van der Waals surface area contributed by atoms with Crippen LogP contribution in [0.4, 0.5) is 0 Å². The standard InChI is InChI=1S/C20H30N2O4S/c1-7-8-9-14-26-17-11-10-16(15-18(17)25-4)12-13-21-19(23)20(2,3)22-27(5,6)24/h10-11,15H,5,7,12-14H2,1-4,6H3,(H,21,23)(H,22,24). The molecule has 0 aliphatic rings. The van der Waals surface area contributed by atoms with Gasteiger partial charge in [-0.2, -0.15) is 0 Å². The molecule has 7 heteroatoms. The van der Waals surface area contributed by atoms with Gasteiger partial charge in [-0.05, 0) is 43.8 Å². The molecular weight excluding hydrogens is 364 g/mol. The van der Waals surface area contributed by atoms with E-state index in [1.807, 2.05) is 25.1 Å². The van der Waals surface area contributed by atoms with Gasteiger partial charge in [0.1, 0.15) is 12.1 Å². The highest BCUT2D eigenvalue weighted by atomic mass is 32.2. The van der Waals surface area contributed by atoms with Crippen molar-refractivity contribution in [3.63, 3.8) is 0 Å². The minimum Gasteiger partial charge on any atom is -0.493 e. The maximum atomic E-state index is 12.3. The summed E-state index contributed by atoms with van der Waals surface area (Å²) in [4.78, 5) is 12.3. The summed E-state index contributed by atoms with van der Waals surface area (Å²) < 4.78 is 25.5. The Morgan fingerprint density at radius 3 is 2.59 bits per heavy atom. The van der Waals surface area contributed by atoms with E-state index in [0.717, 1.165) is 12.0 Å². The SMILES string of the molecule is C=S(C)(=O)NC(C)(C)C(=O)NCCc1ccc(OCC#CCC)c(OC)c1. The minimum atomic E-state index is -2.48. The van der Waals surface area contributed by atoms with Gasteiger partial charge >= 0.3 is 0 Å². The molecule has 0 saturated carbocycles. The smallest absolute Gasteiger partial charge is 0.240 e. The average molecular weight is 395 g/mol. The fraction of sp³-hybridized carbons (Fsp3) is 0.500. The van der Waals surface area contributed by atoms with Gasteiger partial charge in [-0.15, -0.1) is 5.92 Å². The van der Waals surface area contributed by atoms with Gasteiger partial charge in [0.25, 0.3) is 0 Å². The third-order valence-electron chi connectivity index (χ3n) is 3.57. The zero-order valence-corrected chi connectivity index (χ0v) is 17.6. The molecule has 0 aliphatic carbocycles. The van der Waals surface area contributed by atoms with Gasteiger partial charge in [-0.1, -0.05) is 18.9 Å². The molecule has 1 unspecified atom stereocenters. The predicted octanol–water partition coefficient (Wildman–Crippen LogP) is 1.78. The molecular formula is C20H30N2O4S. The fourth-order valence-electron chi connectivity index (χ4n) is 2.40. The van der Waals surface area contributed by atoms with E-state index >= 15 is 0 Å². The monoisotopic (exact) mass is 394 g/mol. The first-order valence-electron chi connectivity index (χ1n) is 8.74. The second kappa shape index (κ2) is 10.2. The van der Waals surface area contributed by atoms with Gasteiger partial charge in [-0.25, -0.2) is 4.72 Å². The van der Waals surface area contributed by atoms with Gasteiger partial charge in [0.2, 0.25) is 5.91 Å². The molecule has 1 aromatic carbocycles. The highest BCUT2D eigenvalue weighted by Gasteiger charge is 2.28. The van der Waals surface area contributed by atoms with Crippen molar-refractivity contribution in [1.29, 1.82) is 0 Å². The van der Waals surface area contributed by atoms with Crippen LogP contribution in [-0.2, 0) is 20.9 Å². The molecule has 6 nitrogen and oxygen atoms in total. The van der Waals surface area contributed by atoms with Crippen LogP contribution < -0.4 is 19.5 Å². The van der Waals surface area contributed by atoms with E-state index in [0.29, 0.717) is 31.1 Å². The second-order valence-electron chi connectivity index (χ2n) is 6.72. The van der Waals surface area contributed by atoms with Crippen LogP contribution in [0.5, 0.6) is 11.5 Å². The number of rotatable bonds is 9. The van der Waals surface area contributed by atoms with Crippen molar-refractivity contribution in [2.75, 3.05) is 26.5 Å². The van der Waals surface area contributed by atoms with E-state index in [4.69, 9.17) is 9.47 Å². The zero-order chi connectivity index (χ0) is 20.5. The van der Waals surface area contributed by atoms with Crippen LogP contribution in [0.25, 0.3) is 0 Å². The summed E-state index contributed by atoms with van der Waals surface area (Å²) in [6, 6.07) is 5.65. The highest BCUT2D eigenvalue weighted by Crippen LogP contribution is 2.28. The van der Waals surface area contributed by atoms with E-state index in [9.17, 15) is 9.00 Å². The summed E-state index contributed by atoms with van der Waals surface area (Å²) in [5.74, 6) is 10.4. The zero-order valence-electron chi connectivity index (χ0n) is 16.8. The summed E-state index contributed by atoms with van der Waals surface area (Å²) in [7, 11) is -0.896. The Bertz CT molecular complexity index is 805. The van der Waals surface area contributed by atoms with Crippen molar-refractivity contribution >= 4 is 21.5 Å². The predicted molar refractivity (Wildman–Crippen MR) is 112 cm³/mol. The molecule has 0 saturated heterocycles. The number of carbonyl (C=O) groups is 1. The number of nitrogens with one attached hydrogen (secondary N) is 2. The first-order chi connectivity index (χ1) is 12.6. The van der Waals surface area contributed by atoms with Crippen molar-refractivity contribution in [3.05, 3.63) is 23.8 Å². The van der Waals surface area contributed by atoms with Gasteiger partial charge in [0.05, 0.1) is 7.11 Å². The normalized spacial score (nSPS) is 13.1. The number of benzene rings is 1. The molecule has 0 radical (unpaired) electrons. The van der Waals surface area contributed by atoms with E-state index in [1.54, 1.807) is 21.0 Å².